The number of fused-ring (bicyclic) bond motifs is 1. The maximum absolute atomic E-state index is 12.7. The van der Waals surface area contributed by atoms with Crippen molar-refractivity contribution in [2.24, 2.45) is 0 Å². The van der Waals surface area contributed by atoms with E-state index in [-0.39, 0.29) is 25.6 Å². The van der Waals surface area contributed by atoms with Gasteiger partial charge in [0.15, 0.2) is 11.5 Å². The molecule has 2 N–H and O–H groups in total. The number of nitrogens with zero attached hydrogens (tertiary/aromatic N) is 1. The molecule has 1 aromatic carbocycles. The highest BCUT2D eigenvalue weighted by Gasteiger charge is 2.51. The molecule has 1 saturated carbocycles. The second kappa shape index (κ2) is 4.84. The molecule has 1 aliphatic carbocycles. The van der Waals surface area contributed by atoms with Crippen molar-refractivity contribution in [1.29, 1.82) is 0 Å². The lowest BCUT2D eigenvalue weighted by Crippen LogP contribution is -2.29. The summed E-state index contributed by atoms with van der Waals surface area (Å²) in [6.45, 7) is 1.90. The number of H-pyrrole nitrogens is 1. The van der Waals surface area contributed by atoms with Crippen LogP contribution in [0.2, 0.25) is 0 Å². The van der Waals surface area contributed by atoms with Crippen LogP contribution in [0.4, 0.5) is 5.95 Å². The smallest absolute Gasteiger partial charge is 0.252 e. The van der Waals surface area contributed by atoms with Gasteiger partial charge in [0, 0.05) is 13.2 Å². The first-order valence-electron chi connectivity index (χ1n) is 7.36. The van der Waals surface area contributed by atoms with Crippen molar-refractivity contribution in [2.45, 2.75) is 25.2 Å². The van der Waals surface area contributed by atoms with Crippen LogP contribution in [-0.4, -0.2) is 22.7 Å². The molecule has 0 atom stereocenters. The van der Waals surface area contributed by atoms with Gasteiger partial charge in [-0.3, -0.25) is 19.9 Å². The molecule has 7 heteroatoms. The van der Waals surface area contributed by atoms with Gasteiger partial charge in [-0.05, 0) is 37.5 Å². The molecule has 0 saturated heterocycles. The quantitative estimate of drug-likeness (QED) is 0.899. The van der Waals surface area contributed by atoms with Crippen molar-refractivity contribution in [2.75, 3.05) is 12.1 Å². The Morgan fingerprint density at radius 2 is 2.09 bits per heavy atom. The molecule has 1 aromatic heterocycles. The molecular formula is C16H17N3O4. The van der Waals surface area contributed by atoms with Gasteiger partial charge in [-0.1, -0.05) is 6.07 Å². The van der Waals surface area contributed by atoms with E-state index >= 15 is 0 Å². The summed E-state index contributed by atoms with van der Waals surface area (Å²) >= 11 is 0. The SMILES string of the molecule is Cc1cc(=O)[nH]c(NC(=O)C2(c3ccc4c(c3)OCO4)CC2)n1.[HH]. The van der Waals surface area contributed by atoms with Crippen molar-refractivity contribution in [3.05, 3.63) is 45.9 Å². The summed E-state index contributed by atoms with van der Waals surface area (Å²) in [6.07, 6.45) is 1.49. The van der Waals surface area contributed by atoms with E-state index in [0.717, 1.165) is 18.4 Å². The van der Waals surface area contributed by atoms with E-state index in [1.165, 1.54) is 6.07 Å². The number of benzene rings is 1. The molecule has 23 heavy (non-hydrogen) atoms. The number of carbonyl (C=O) groups is 1. The fraction of sp³-hybridized carbons (Fsp3) is 0.312. The summed E-state index contributed by atoms with van der Waals surface area (Å²) in [4.78, 5) is 30.8. The van der Waals surface area contributed by atoms with Gasteiger partial charge in [0.1, 0.15) is 0 Å². The lowest BCUT2D eigenvalue weighted by Gasteiger charge is -2.15. The molecule has 2 aromatic rings. The molecule has 2 aliphatic rings. The van der Waals surface area contributed by atoms with Crippen LogP contribution in [0.25, 0.3) is 0 Å². The zero-order chi connectivity index (χ0) is 16.0. The second-order valence-electron chi connectivity index (χ2n) is 5.84. The van der Waals surface area contributed by atoms with Crippen molar-refractivity contribution < 1.29 is 15.7 Å². The van der Waals surface area contributed by atoms with Crippen molar-refractivity contribution >= 4 is 11.9 Å². The highest BCUT2D eigenvalue weighted by Crippen LogP contribution is 2.51. The summed E-state index contributed by atoms with van der Waals surface area (Å²) in [6, 6.07) is 6.92. The summed E-state index contributed by atoms with van der Waals surface area (Å²) < 4.78 is 10.7. The van der Waals surface area contributed by atoms with Crippen molar-refractivity contribution in [1.82, 2.24) is 9.97 Å². The fourth-order valence-corrected chi connectivity index (χ4v) is 2.83. The van der Waals surface area contributed by atoms with Crippen LogP contribution in [0.1, 0.15) is 25.5 Å². The Morgan fingerprint density at radius 1 is 1.30 bits per heavy atom. The summed E-state index contributed by atoms with van der Waals surface area (Å²) in [7, 11) is 0. The number of hydrogen-bond donors (Lipinski definition) is 2. The van der Waals surface area contributed by atoms with Crippen LogP contribution >= 0.6 is 0 Å². The van der Waals surface area contributed by atoms with Gasteiger partial charge >= 0.3 is 0 Å². The number of aryl methyl sites for hydroxylation is 1. The van der Waals surface area contributed by atoms with Crippen LogP contribution < -0.4 is 20.3 Å². The molecule has 1 fully saturated rings. The number of amides is 1. The minimum absolute atomic E-state index is 0. The highest BCUT2D eigenvalue weighted by atomic mass is 16.7. The van der Waals surface area contributed by atoms with Gasteiger partial charge in [-0.2, -0.15) is 0 Å². The standard InChI is InChI=1S/C16H15N3O4.H2/c1-9-6-13(20)18-15(17-9)19-14(21)16(4-5-16)10-2-3-11-12(7-10)23-8-22-11;/h2-3,6-7H,4-5,8H2,1H3,(H2,17,18,19,20,21);1H. The Balaban J connectivity index is 0.00000169. The van der Waals surface area contributed by atoms with E-state index in [2.05, 4.69) is 15.3 Å². The molecule has 120 valence electrons. The first-order chi connectivity index (χ1) is 11.1. The zero-order valence-corrected chi connectivity index (χ0v) is 12.5. The molecular weight excluding hydrogens is 298 g/mol. The molecule has 2 heterocycles. The topological polar surface area (TPSA) is 93.3 Å². The van der Waals surface area contributed by atoms with E-state index in [9.17, 15) is 9.59 Å². The minimum Gasteiger partial charge on any atom is -0.454 e. The van der Waals surface area contributed by atoms with E-state index in [1.54, 1.807) is 6.92 Å². The molecule has 0 radical (unpaired) electrons. The molecule has 0 spiro atoms. The molecule has 0 bridgehead atoms. The van der Waals surface area contributed by atoms with E-state index in [0.29, 0.717) is 17.2 Å². The predicted octanol–water partition coefficient (Wildman–Crippen LogP) is 1.72. The number of hydrogen-bond acceptors (Lipinski definition) is 5. The average Bonchev–Trinajstić information content (AvgIpc) is 3.18. The van der Waals surface area contributed by atoms with E-state index < -0.39 is 5.41 Å². The number of carbonyl (C=O) groups excluding carboxylic acids is 1. The zero-order valence-electron chi connectivity index (χ0n) is 12.5. The number of aromatic amines is 1. The number of anilines is 1. The largest absolute Gasteiger partial charge is 0.454 e. The monoisotopic (exact) mass is 315 g/mol. The van der Waals surface area contributed by atoms with Crippen molar-refractivity contribution in [3.63, 3.8) is 0 Å². The summed E-state index contributed by atoms with van der Waals surface area (Å²) in [5.41, 5.74) is 0.551. The predicted molar refractivity (Wildman–Crippen MR) is 83.8 cm³/mol. The Kier molecular flexibility index (Phi) is 2.90. The first kappa shape index (κ1) is 13.8. The third-order valence-electron chi connectivity index (χ3n) is 4.21. The lowest BCUT2D eigenvalue weighted by molar-refractivity contribution is -0.118. The molecule has 0 unspecified atom stereocenters. The minimum atomic E-state index is -0.594. The number of ether oxygens (including phenoxy) is 2. The van der Waals surface area contributed by atoms with Crippen molar-refractivity contribution in [3.8, 4) is 11.5 Å². The van der Waals surface area contributed by atoms with Gasteiger partial charge in [-0.15, -0.1) is 0 Å². The number of nitrogens with one attached hydrogen (secondary N) is 2. The van der Waals surface area contributed by atoms with Crippen LogP contribution in [0.3, 0.4) is 0 Å². The summed E-state index contributed by atoms with van der Waals surface area (Å²) in [5, 5.41) is 2.71. The Morgan fingerprint density at radius 3 is 2.83 bits per heavy atom. The van der Waals surface area contributed by atoms with E-state index in [4.69, 9.17) is 9.47 Å². The van der Waals surface area contributed by atoms with Gasteiger partial charge in [-0.25, -0.2) is 4.98 Å². The van der Waals surface area contributed by atoms with Gasteiger partial charge in [0.05, 0.1) is 5.41 Å². The molecule has 1 amide bonds. The summed E-state index contributed by atoms with van der Waals surface area (Å²) in [5.74, 6) is 1.34. The third-order valence-corrected chi connectivity index (χ3v) is 4.21. The maximum atomic E-state index is 12.7. The lowest BCUT2D eigenvalue weighted by atomic mass is 9.94. The third kappa shape index (κ3) is 2.34. The van der Waals surface area contributed by atoms with Crippen LogP contribution in [0.5, 0.6) is 11.5 Å². The Hall–Kier alpha value is -2.83. The average molecular weight is 315 g/mol. The van der Waals surface area contributed by atoms with Crippen LogP contribution in [0, 0.1) is 6.92 Å². The fourth-order valence-electron chi connectivity index (χ4n) is 2.83. The Bertz CT molecular complexity index is 861. The molecule has 7 nitrogen and oxygen atoms in total. The first-order valence-corrected chi connectivity index (χ1v) is 7.36. The van der Waals surface area contributed by atoms with Crippen LogP contribution in [-0.2, 0) is 10.2 Å². The molecule has 1 aliphatic heterocycles. The number of aromatic nitrogens is 2. The Labute approximate surface area is 133 Å². The normalized spacial score (nSPS) is 16.9. The second-order valence-corrected chi connectivity index (χ2v) is 5.84. The number of rotatable bonds is 3. The van der Waals surface area contributed by atoms with E-state index in [1.807, 2.05) is 18.2 Å². The highest BCUT2D eigenvalue weighted by molar-refractivity contribution is 6.00. The van der Waals surface area contributed by atoms with Gasteiger partial charge < -0.3 is 9.47 Å². The molecule has 4 rings (SSSR count). The van der Waals surface area contributed by atoms with Gasteiger partial charge in [0.25, 0.3) is 5.56 Å². The maximum Gasteiger partial charge on any atom is 0.252 e. The van der Waals surface area contributed by atoms with Gasteiger partial charge in [0.2, 0.25) is 18.6 Å². The van der Waals surface area contributed by atoms with Crippen LogP contribution in [0.15, 0.2) is 29.1 Å².